The van der Waals surface area contributed by atoms with Crippen molar-refractivity contribution in [2.24, 2.45) is 0 Å². The van der Waals surface area contributed by atoms with Crippen molar-refractivity contribution in [3.8, 4) is 0 Å². The molecular formula is C76H147NO3. The maximum absolute atomic E-state index is 12.5. The average Bonchev–Trinajstić information content (AvgIpc) is 3.46. The predicted molar refractivity (Wildman–Crippen MR) is 359 cm³/mol. The molecule has 0 heterocycles. The molecule has 0 aromatic heterocycles. The van der Waals surface area contributed by atoms with E-state index < -0.39 is 12.1 Å². The number of hydrogen-bond donors (Lipinski definition) is 3. The van der Waals surface area contributed by atoms with Crippen molar-refractivity contribution in [3.05, 3.63) is 36.5 Å². The highest BCUT2D eigenvalue weighted by Crippen LogP contribution is 2.19. The summed E-state index contributed by atoms with van der Waals surface area (Å²) in [6.07, 6.45) is 99.9. The van der Waals surface area contributed by atoms with Gasteiger partial charge in [-0.15, -0.1) is 0 Å². The number of amides is 1. The van der Waals surface area contributed by atoms with E-state index in [1.165, 1.54) is 372 Å². The molecule has 1 amide bonds. The van der Waals surface area contributed by atoms with Crippen molar-refractivity contribution in [2.45, 2.75) is 437 Å². The van der Waals surface area contributed by atoms with Gasteiger partial charge >= 0.3 is 0 Å². The number of nitrogens with one attached hydrogen (secondary N) is 1. The number of unbranched alkanes of at least 4 members (excludes halogenated alkanes) is 59. The number of aliphatic hydroxyl groups excluding tert-OH is 2. The van der Waals surface area contributed by atoms with Crippen molar-refractivity contribution >= 4 is 5.91 Å². The molecule has 0 aliphatic heterocycles. The van der Waals surface area contributed by atoms with Gasteiger partial charge in [-0.2, -0.15) is 0 Å². The number of aliphatic hydroxyl groups is 2. The molecule has 0 fully saturated rings. The number of hydrogen-bond acceptors (Lipinski definition) is 3. The number of rotatable bonds is 70. The third-order valence-corrected chi connectivity index (χ3v) is 17.6. The Labute approximate surface area is 503 Å². The van der Waals surface area contributed by atoms with Gasteiger partial charge in [0.25, 0.3) is 0 Å². The monoisotopic (exact) mass is 1120 g/mol. The quantitative estimate of drug-likeness (QED) is 0.0420. The summed E-state index contributed by atoms with van der Waals surface area (Å²) in [4.78, 5) is 12.5. The van der Waals surface area contributed by atoms with E-state index in [9.17, 15) is 15.0 Å². The van der Waals surface area contributed by atoms with Gasteiger partial charge in [-0.3, -0.25) is 4.79 Å². The number of allylic oxidation sites excluding steroid dienone is 5. The van der Waals surface area contributed by atoms with Crippen molar-refractivity contribution in [1.29, 1.82) is 0 Å². The third-order valence-electron chi connectivity index (χ3n) is 17.6. The zero-order valence-electron chi connectivity index (χ0n) is 54.9. The smallest absolute Gasteiger partial charge is 0.220 e. The fraction of sp³-hybridized carbons (Fsp3) is 0.908. The summed E-state index contributed by atoms with van der Waals surface area (Å²) < 4.78 is 0. The van der Waals surface area contributed by atoms with Crippen LogP contribution < -0.4 is 5.32 Å². The van der Waals surface area contributed by atoms with E-state index in [1.54, 1.807) is 6.08 Å². The molecule has 0 spiro atoms. The first kappa shape index (κ1) is 78.6. The summed E-state index contributed by atoms with van der Waals surface area (Å²) >= 11 is 0. The highest BCUT2D eigenvalue weighted by atomic mass is 16.3. The van der Waals surface area contributed by atoms with Crippen LogP contribution >= 0.6 is 0 Å². The molecule has 0 rings (SSSR count). The lowest BCUT2D eigenvalue weighted by atomic mass is 10.0. The standard InChI is InChI=1S/C76H147NO3/c1-3-5-7-9-11-13-15-17-19-21-23-25-27-29-31-33-34-35-36-37-38-39-40-41-42-44-46-48-50-52-54-56-58-60-62-64-66-68-70-72-76(80)77-74(73-78)75(79)71-69-67-65-63-61-59-57-55-53-51-49-47-45-43-32-30-28-26-24-22-20-18-16-14-12-10-8-6-4-2/h21,23,61,63,69,71,74-75,78-79H,3-20,22,24-60,62,64-68,70,72-73H2,1-2H3,(H,77,80)/b23-21-,63-61+,71-69+. The van der Waals surface area contributed by atoms with Crippen molar-refractivity contribution in [3.63, 3.8) is 0 Å². The fourth-order valence-corrected chi connectivity index (χ4v) is 12.0. The molecule has 0 saturated carbocycles. The zero-order valence-corrected chi connectivity index (χ0v) is 54.9. The van der Waals surface area contributed by atoms with Crippen LogP contribution in [-0.2, 0) is 4.79 Å². The van der Waals surface area contributed by atoms with Gasteiger partial charge < -0.3 is 15.5 Å². The van der Waals surface area contributed by atoms with E-state index in [1.807, 2.05) is 6.08 Å². The third kappa shape index (κ3) is 67.4. The lowest BCUT2D eigenvalue weighted by Gasteiger charge is -2.19. The Kier molecular flexibility index (Phi) is 70.6. The van der Waals surface area contributed by atoms with Crippen LogP contribution in [-0.4, -0.2) is 34.9 Å². The number of carbonyl (C=O) groups excluding carboxylic acids is 1. The lowest BCUT2D eigenvalue weighted by molar-refractivity contribution is -0.123. The van der Waals surface area contributed by atoms with E-state index in [-0.39, 0.29) is 12.5 Å². The Bertz CT molecular complexity index is 1230. The van der Waals surface area contributed by atoms with Crippen LogP contribution in [0.2, 0.25) is 0 Å². The minimum absolute atomic E-state index is 0.0644. The number of carbonyl (C=O) groups is 1. The molecule has 80 heavy (non-hydrogen) atoms. The molecule has 4 heteroatoms. The molecule has 2 atom stereocenters. The van der Waals surface area contributed by atoms with Gasteiger partial charge in [0, 0.05) is 6.42 Å². The predicted octanol–water partition coefficient (Wildman–Crippen LogP) is 25.5. The molecule has 474 valence electrons. The molecule has 0 aliphatic rings. The molecule has 2 unspecified atom stereocenters. The molecule has 0 saturated heterocycles. The van der Waals surface area contributed by atoms with E-state index in [0.29, 0.717) is 6.42 Å². The van der Waals surface area contributed by atoms with Crippen molar-refractivity contribution in [2.75, 3.05) is 6.61 Å². The van der Waals surface area contributed by atoms with Crippen LogP contribution in [0.25, 0.3) is 0 Å². The molecule has 4 nitrogen and oxygen atoms in total. The lowest BCUT2D eigenvalue weighted by Crippen LogP contribution is -2.45. The molecule has 0 aliphatic carbocycles. The summed E-state index contributed by atoms with van der Waals surface area (Å²) in [6, 6.07) is -0.639. The second kappa shape index (κ2) is 71.9. The topological polar surface area (TPSA) is 69.6 Å². The Morgan fingerprint density at radius 1 is 0.287 bits per heavy atom. The highest BCUT2D eigenvalue weighted by molar-refractivity contribution is 5.76. The van der Waals surface area contributed by atoms with Gasteiger partial charge in [-0.25, -0.2) is 0 Å². The Morgan fingerprint density at radius 2 is 0.487 bits per heavy atom. The van der Waals surface area contributed by atoms with Gasteiger partial charge in [0.1, 0.15) is 0 Å². The Balaban J connectivity index is 3.41. The molecule has 0 radical (unpaired) electrons. The first-order valence-corrected chi connectivity index (χ1v) is 37.2. The van der Waals surface area contributed by atoms with Crippen molar-refractivity contribution < 1.29 is 15.0 Å². The van der Waals surface area contributed by atoms with Crippen LogP contribution in [0.3, 0.4) is 0 Å². The van der Waals surface area contributed by atoms with Gasteiger partial charge in [0.15, 0.2) is 0 Å². The first-order chi connectivity index (χ1) is 39.7. The Hall–Kier alpha value is -1.39. The summed E-state index contributed by atoms with van der Waals surface area (Å²) in [5.41, 5.74) is 0. The van der Waals surface area contributed by atoms with Crippen LogP contribution in [0.15, 0.2) is 36.5 Å². The average molecular weight is 1120 g/mol. The molecule has 0 aromatic carbocycles. The molecular weight excluding hydrogens is 975 g/mol. The second-order valence-electron chi connectivity index (χ2n) is 25.7. The zero-order chi connectivity index (χ0) is 57.6. The highest BCUT2D eigenvalue weighted by Gasteiger charge is 2.18. The molecule has 3 N–H and O–H groups in total. The maximum atomic E-state index is 12.5. The molecule has 0 bridgehead atoms. The van der Waals surface area contributed by atoms with E-state index in [4.69, 9.17) is 0 Å². The second-order valence-corrected chi connectivity index (χ2v) is 25.7. The largest absolute Gasteiger partial charge is 0.394 e. The van der Waals surface area contributed by atoms with Gasteiger partial charge in [0.2, 0.25) is 5.91 Å². The summed E-state index contributed by atoms with van der Waals surface area (Å²) in [5.74, 6) is -0.0644. The Morgan fingerprint density at radius 3 is 0.725 bits per heavy atom. The maximum Gasteiger partial charge on any atom is 0.220 e. The minimum atomic E-state index is -0.862. The molecule has 0 aromatic rings. The van der Waals surface area contributed by atoms with E-state index in [0.717, 1.165) is 32.1 Å². The SMILES string of the molecule is CCCCCCCCCC/C=C\CCCCCCCCCCCCCCCCCCCCCCCCCCCCCC(=O)NC(CO)C(O)/C=C/CC/C=C/CCCCCCCCCCCCCCCCCCCCCCCCC. The van der Waals surface area contributed by atoms with Crippen LogP contribution in [0, 0.1) is 0 Å². The normalized spacial score (nSPS) is 12.8. The van der Waals surface area contributed by atoms with Crippen molar-refractivity contribution in [1.82, 2.24) is 5.32 Å². The van der Waals surface area contributed by atoms with Gasteiger partial charge in [0.05, 0.1) is 18.8 Å². The summed E-state index contributed by atoms with van der Waals surface area (Å²) in [6.45, 7) is 4.35. The van der Waals surface area contributed by atoms with Gasteiger partial charge in [-0.1, -0.05) is 397 Å². The van der Waals surface area contributed by atoms with Gasteiger partial charge in [-0.05, 0) is 57.8 Å². The van der Waals surface area contributed by atoms with E-state index in [2.05, 4.69) is 43.5 Å². The van der Waals surface area contributed by atoms with E-state index >= 15 is 0 Å². The van der Waals surface area contributed by atoms with Crippen LogP contribution in [0.5, 0.6) is 0 Å². The summed E-state index contributed by atoms with van der Waals surface area (Å²) in [5, 5.41) is 23.3. The van der Waals surface area contributed by atoms with Crippen LogP contribution in [0.1, 0.15) is 425 Å². The first-order valence-electron chi connectivity index (χ1n) is 37.2. The minimum Gasteiger partial charge on any atom is -0.394 e. The summed E-state index contributed by atoms with van der Waals surface area (Å²) in [7, 11) is 0. The fourth-order valence-electron chi connectivity index (χ4n) is 12.0. The van der Waals surface area contributed by atoms with Crippen LogP contribution in [0.4, 0.5) is 0 Å².